The van der Waals surface area contributed by atoms with Gasteiger partial charge in [-0.25, -0.2) is 4.99 Å². The van der Waals surface area contributed by atoms with Crippen molar-refractivity contribution in [3.63, 3.8) is 0 Å². The van der Waals surface area contributed by atoms with Gasteiger partial charge >= 0.3 is 0 Å². The second kappa shape index (κ2) is 5.36. The van der Waals surface area contributed by atoms with Gasteiger partial charge in [0, 0.05) is 7.05 Å². The molecule has 0 fully saturated rings. The third kappa shape index (κ3) is 3.75. The van der Waals surface area contributed by atoms with Crippen LogP contribution < -0.4 is 22.5 Å². The monoisotopic (exact) mass is 187 g/mol. The first-order valence-electron chi connectivity index (χ1n) is 4.08. The zero-order valence-electron chi connectivity index (χ0n) is 7.95. The molecule has 13 heavy (non-hydrogen) atoms. The zero-order valence-corrected chi connectivity index (χ0v) is 7.95. The van der Waals surface area contributed by atoms with Crippen LogP contribution in [-0.2, 0) is 4.79 Å². The van der Waals surface area contributed by atoms with E-state index in [2.05, 4.69) is 10.3 Å². The number of carbonyl (C=O) groups excluding carboxylic acids is 1. The molecule has 0 aromatic rings. The van der Waals surface area contributed by atoms with Crippen molar-refractivity contribution in [2.45, 2.75) is 25.4 Å². The molecule has 0 saturated heterocycles. The molecule has 0 bridgehead atoms. The summed E-state index contributed by atoms with van der Waals surface area (Å²) in [5, 5.41) is 2.44. The largest absolute Gasteiger partial charge is 0.370 e. The van der Waals surface area contributed by atoms with Crippen LogP contribution in [0.1, 0.15) is 13.3 Å². The number of guanidine groups is 1. The summed E-state index contributed by atoms with van der Waals surface area (Å²) in [6, 6.07) is -1.05. The molecule has 7 N–H and O–H groups in total. The van der Waals surface area contributed by atoms with Crippen LogP contribution in [0.3, 0.4) is 0 Å². The Hall–Kier alpha value is -1.30. The average molecular weight is 187 g/mol. The SMILES string of the molecule is CCC(N=C(N)N)C(N)C(=O)NC. The van der Waals surface area contributed by atoms with E-state index in [4.69, 9.17) is 17.2 Å². The van der Waals surface area contributed by atoms with Crippen LogP contribution in [0.25, 0.3) is 0 Å². The molecule has 6 heteroatoms. The minimum atomic E-state index is -0.697. The Morgan fingerprint density at radius 3 is 2.38 bits per heavy atom. The molecule has 0 radical (unpaired) electrons. The lowest BCUT2D eigenvalue weighted by atomic mass is 10.1. The molecule has 2 atom stereocenters. The molecular weight excluding hydrogens is 170 g/mol. The fourth-order valence-corrected chi connectivity index (χ4v) is 0.958. The minimum Gasteiger partial charge on any atom is -0.370 e. The number of hydrogen-bond donors (Lipinski definition) is 4. The van der Waals surface area contributed by atoms with E-state index in [9.17, 15) is 4.79 Å². The molecule has 2 unspecified atom stereocenters. The molecule has 0 aromatic carbocycles. The number of nitrogens with two attached hydrogens (primary N) is 3. The lowest BCUT2D eigenvalue weighted by Crippen LogP contribution is -2.47. The highest BCUT2D eigenvalue weighted by Crippen LogP contribution is 2.01. The number of aliphatic imine (C=N–C) groups is 1. The molecule has 0 rings (SSSR count). The maximum atomic E-state index is 11.1. The van der Waals surface area contributed by atoms with Gasteiger partial charge in [-0.1, -0.05) is 6.92 Å². The smallest absolute Gasteiger partial charge is 0.238 e. The van der Waals surface area contributed by atoms with Crippen LogP contribution in [-0.4, -0.2) is 31.0 Å². The summed E-state index contributed by atoms with van der Waals surface area (Å²) in [5.74, 6) is -0.317. The minimum absolute atomic E-state index is 0.0498. The Kier molecular flexibility index (Phi) is 4.83. The van der Waals surface area contributed by atoms with Gasteiger partial charge in [0.15, 0.2) is 5.96 Å². The Bertz CT molecular complexity index is 199. The highest BCUT2D eigenvalue weighted by Gasteiger charge is 2.21. The summed E-state index contributed by atoms with van der Waals surface area (Å²) >= 11 is 0. The molecule has 0 heterocycles. The standard InChI is InChI=1S/C7H17N5O/c1-3-4(12-7(9)10)5(8)6(13)11-2/h4-5H,3,8H2,1-2H3,(H,11,13)(H4,9,10,12). The van der Waals surface area contributed by atoms with Crippen molar-refractivity contribution in [1.82, 2.24) is 5.32 Å². The fourth-order valence-electron chi connectivity index (χ4n) is 0.958. The molecule has 0 spiro atoms. The van der Waals surface area contributed by atoms with Crippen LogP contribution in [0.15, 0.2) is 4.99 Å². The Labute approximate surface area is 77.6 Å². The van der Waals surface area contributed by atoms with E-state index in [0.29, 0.717) is 6.42 Å². The molecule has 76 valence electrons. The second-order valence-electron chi connectivity index (χ2n) is 2.67. The van der Waals surface area contributed by atoms with E-state index in [0.717, 1.165) is 0 Å². The summed E-state index contributed by atoms with van der Waals surface area (Å²) < 4.78 is 0. The van der Waals surface area contributed by atoms with Crippen molar-refractivity contribution in [3.8, 4) is 0 Å². The van der Waals surface area contributed by atoms with Crippen molar-refractivity contribution in [2.24, 2.45) is 22.2 Å². The maximum absolute atomic E-state index is 11.1. The first kappa shape index (κ1) is 11.7. The number of carbonyl (C=O) groups is 1. The van der Waals surface area contributed by atoms with Gasteiger partial charge in [0.25, 0.3) is 0 Å². The number of hydrogen-bond acceptors (Lipinski definition) is 3. The summed E-state index contributed by atoms with van der Waals surface area (Å²) in [5.41, 5.74) is 16.0. The second-order valence-corrected chi connectivity index (χ2v) is 2.67. The summed E-state index contributed by atoms with van der Waals surface area (Å²) in [7, 11) is 1.52. The molecule has 1 amide bonds. The molecule has 0 saturated carbocycles. The number of rotatable bonds is 4. The van der Waals surface area contributed by atoms with Crippen LogP contribution in [0, 0.1) is 0 Å². The van der Waals surface area contributed by atoms with E-state index < -0.39 is 6.04 Å². The highest BCUT2D eigenvalue weighted by atomic mass is 16.2. The van der Waals surface area contributed by atoms with Gasteiger partial charge in [-0.15, -0.1) is 0 Å². The Morgan fingerprint density at radius 2 is 2.08 bits per heavy atom. The van der Waals surface area contributed by atoms with E-state index in [1.807, 2.05) is 6.92 Å². The van der Waals surface area contributed by atoms with Crippen LogP contribution in [0.5, 0.6) is 0 Å². The van der Waals surface area contributed by atoms with Crippen molar-refractivity contribution >= 4 is 11.9 Å². The predicted molar refractivity (Wildman–Crippen MR) is 51.9 cm³/mol. The molecule has 0 aliphatic carbocycles. The van der Waals surface area contributed by atoms with Gasteiger partial charge in [-0.3, -0.25) is 4.79 Å². The molecule has 0 aromatic heterocycles. The third-order valence-electron chi connectivity index (χ3n) is 1.70. The van der Waals surface area contributed by atoms with E-state index in [1.54, 1.807) is 0 Å². The van der Waals surface area contributed by atoms with Crippen LogP contribution in [0.4, 0.5) is 0 Å². The van der Waals surface area contributed by atoms with Gasteiger partial charge in [0.1, 0.15) is 6.04 Å². The van der Waals surface area contributed by atoms with Gasteiger partial charge in [0.2, 0.25) is 5.91 Å². The summed E-state index contributed by atoms with van der Waals surface area (Å²) in [6.45, 7) is 1.86. The van der Waals surface area contributed by atoms with Gasteiger partial charge in [-0.05, 0) is 6.42 Å². The average Bonchev–Trinajstić information content (AvgIpc) is 2.11. The van der Waals surface area contributed by atoms with Crippen LogP contribution >= 0.6 is 0 Å². The fraction of sp³-hybridized carbons (Fsp3) is 0.714. The Morgan fingerprint density at radius 1 is 1.54 bits per heavy atom. The van der Waals surface area contributed by atoms with Gasteiger partial charge in [-0.2, -0.15) is 0 Å². The molecule has 6 nitrogen and oxygen atoms in total. The summed E-state index contributed by atoms with van der Waals surface area (Å²) in [4.78, 5) is 15.0. The number of amides is 1. The van der Waals surface area contributed by atoms with Crippen molar-refractivity contribution in [1.29, 1.82) is 0 Å². The quantitative estimate of drug-likeness (QED) is 0.304. The first-order valence-corrected chi connectivity index (χ1v) is 4.08. The number of nitrogens with zero attached hydrogens (tertiary/aromatic N) is 1. The van der Waals surface area contributed by atoms with Crippen molar-refractivity contribution < 1.29 is 4.79 Å². The third-order valence-corrected chi connectivity index (χ3v) is 1.70. The molecule has 0 aliphatic rings. The number of nitrogens with one attached hydrogen (secondary N) is 1. The van der Waals surface area contributed by atoms with E-state index in [1.165, 1.54) is 7.05 Å². The summed E-state index contributed by atoms with van der Waals surface area (Å²) in [6.07, 6.45) is 0.618. The van der Waals surface area contributed by atoms with Gasteiger partial charge < -0.3 is 22.5 Å². The maximum Gasteiger partial charge on any atom is 0.238 e. The van der Waals surface area contributed by atoms with E-state index >= 15 is 0 Å². The molecular formula is C7H17N5O. The van der Waals surface area contributed by atoms with E-state index in [-0.39, 0.29) is 17.9 Å². The zero-order chi connectivity index (χ0) is 10.4. The van der Waals surface area contributed by atoms with Crippen molar-refractivity contribution in [2.75, 3.05) is 7.05 Å². The Balaban J connectivity index is 4.40. The highest BCUT2D eigenvalue weighted by molar-refractivity contribution is 5.83. The predicted octanol–water partition coefficient (Wildman–Crippen LogP) is -1.89. The van der Waals surface area contributed by atoms with Crippen molar-refractivity contribution in [3.05, 3.63) is 0 Å². The number of likely N-dealkylation sites (N-methyl/N-ethyl adjacent to an activating group) is 1. The lowest BCUT2D eigenvalue weighted by molar-refractivity contribution is -0.122. The normalized spacial score (nSPS) is 14.4. The van der Waals surface area contributed by atoms with Gasteiger partial charge in [0.05, 0.1) is 6.04 Å². The van der Waals surface area contributed by atoms with Crippen LogP contribution in [0.2, 0.25) is 0 Å². The molecule has 0 aliphatic heterocycles. The topological polar surface area (TPSA) is 120 Å². The first-order chi connectivity index (χ1) is 6.02. The lowest BCUT2D eigenvalue weighted by Gasteiger charge is -2.17.